The Balaban J connectivity index is 1.50. The fourth-order valence-corrected chi connectivity index (χ4v) is 3.50. The van der Waals surface area contributed by atoms with Crippen LogP contribution in [0.3, 0.4) is 0 Å². The van der Waals surface area contributed by atoms with Gasteiger partial charge in [-0.25, -0.2) is 18.7 Å². The average molecular weight is 392 g/mol. The zero-order chi connectivity index (χ0) is 19.7. The number of likely N-dealkylation sites (tertiary alicyclic amines) is 1. The summed E-state index contributed by atoms with van der Waals surface area (Å²) < 4.78 is 64.7. The van der Waals surface area contributed by atoms with Crippen LogP contribution < -0.4 is 4.90 Å². The van der Waals surface area contributed by atoms with E-state index in [1.807, 2.05) is 0 Å². The van der Waals surface area contributed by atoms with Gasteiger partial charge in [-0.2, -0.15) is 13.2 Å². The van der Waals surface area contributed by atoms with Crippen LogP contribution in [0.4, 0.5) is 27.8 Å². The highest BCUT2D eigenvalue weighted by molar-refractivity contribution is 5.76. The predicted molar refractivity (Wildman–Crippen MR) is 87.3 cm³/mol. The van der Waals surface area contributed by atoms with Crippen LogP contribution in [-0.4, -0.2) is 52.9 Å². The van der Waals surface area contributed by atoms with E-state index in [4.69, 9.17) is 0 Å². The molecular formula is C17H21F5N4O. The largest absolute Gasteiger partial charge is 0.433 e. The molecule has 0 aliphatic carbocycles. The summed E-state index contributed by atoms with van der Waals surface area (Å²) in [7, 11) is 0. The maximum atomic E-state index is 13.2. The van der Waals surface area contributed by atoms with E-state index >= 15 is 0 Å². The fraction of sp³-hybridized carbons (Fsp3) is 0.706. The SMILES string of the molecule is O=C(CC1CCN(c2cc(C(F)(F)F)ncn2)CC1)N1CCC(F)(F)CC1. The van der Waals surface area contributed by atoms with E-state index < -0.39 is 17.8 Å². The third-order valence-corrected chi connectivity index (χ3v) is 5.19. The van der Waals surface area contributed by atoms with E-state index in [1.54, 1.807) is 4.90 Å². The molecule has 2 aliphatic rings. The predicted octanol–water partition coefficient (Wildman–Crippen LogP) is 3.36. The molecule has 27 heavy (non-hydrogen) atoms. The van der Waals surface area contributed by atoms with Crippen LogP contribution in [0.1, 0.15) is 37.8 Å². The van der Waals surface area contributed by atoms with Crippen LogP contribution in [-0.2, 0) is 11.0 Å². The Kier molecular flexibility index (Phi) is 5.53. The van der Waals surface area contributed by atoms with Gasteiger partial charge in [-0.05, 0) is 18.8 Å². The zero-order valence-corrected chi connectivity index (χ0v) is 14.7. The van der Waals surface area contributed by atoms with Gasteiger partial charge in [0.2, 0.25) is 5.91 Å². The third kappa shape index (κ3) is 5.04. The van der Waals surface area contributed by atoms with Gasteiger partial charge in [0.05, 0.1) is 0 Å². The van der Waals surface area contributed by atoms with Gasteiger partial charge in [-0.3, -0.25) is 4.79 Å². The first-order valence-corrected chi connectivity index (χ1v) is 8.94. The lowest BCUT2D eigenvalue weighted by molar-refractivity contribution is -0.141. The quantitative estimate of drug-likeness (QED) is 0.741. The summed E-state index contributed by atoms with van der Waals surface area (Å²) in [6, 6.07) is 0.930. The van der Waals surface area contributed by atoms with Gasteiger partial charge in [0.25, 0.3) is 5.92 Å². The number of alkyl halides is 5. The average Bonchev–Trinajstić information content (AvgIpc) is 2.61. The molecule has 0 N–H and O–H groups in total. The minimum atomic E-state index is -4.52. The highest BCUT2D eigenvalue weighted by Crippen LogP contribution is 2.32. The summed E-state index contributed by atoms with van der Waals surface area (Å²) in [4.78, 5) is 22.7. The van der Waals surface area contributed by atoms with E-state index in [1.165, 1.54) is 4.90 Å². The third-order valence-electron chi connectivity index (χ3n) is 5.19. The zero-order valence-electron chi connectivity index (χ0n) is 14.7. The van der Waals surface area contributed by atoms with E-state index in [0.717, 1.165) is 12.4 Å². The van der Waals surface area contributed by atoms with Gasteiger partial charge in [0.15, 0.2) is 0 Å². The molecule has 3 heterocycles. The summed E-state index contributed by atoms with van der Waals surface area (Å²) >= 11 is 0. The molecule has 2 fully saturated rings. The molecular weight excluding hydrogens is 371 g/mol. The number of anilines is 1. The Morgan fingerprint density at radius 3 is 2.33 bits per heavy atom. The van der Waals surface area contributed by atoms with Crippen molar-refractivity contribution in [3.05, 3.63) is 18.1 Å². The maximum absolute atomic E-state index is 13.2. The van der Waals surface area contributed by atoms with E-state index in [-0.39, 0.29) is 50.0 Å². The van der Waals surface area contributed by atoms with Crippen LogP contribution in [0, 0.1) is 5.92 Å². The summed E-state index contributed by atoms with van der Waals surface area (Å²) in [6.45, 7) is 1.13. The van der Waals surface area contributed by atoms with Crippen molar-refractivity contribution in [2.75, 3.05) is 31.1 Å². The lowest BCUT2D eigenvalue weighted by Crippen LogP contribution is -2.44. The van der Waals surface area contributed by atoms with Crippen molar-refractivity contribution in [1.29, 1.82) is 0 Å². The molecule has 0 aromatic carbocycles. The number of aromatic nitrogens is 2. The molecule has 1 amide bonds. The number of halogens is 5. The van der Waals surface area contributed by atoms with Gasteiger partial charge >= 0.3 is 6.18 Å². The van der Waals surface area contributed by atoms with Crippen molar-refractivity contribution < 1.29 is 26.7 Å². The van der Waals surface area contributed by atoms with Crippen LogP contribution in [0.15, 0.2) is 12.4 Å². The topological polar surface area (TPSA) is 49.3 Å². The Labute approximate surface area is 153 Å². The molecule has 1 aromatic rings. The highest BCUT2D eigenvalue weighted by atomic mass is 19.4. The second-order valence-corrected chi connectivity index (χ2v) is 7.13. The van der Waals surface area contributed by atoms with Crippen molar-refractivity contribution in [1.82, 2.24) is 14.9 Å². The molecule has 1 aromatic heterocycles. The molecule has 3 rings (SSSR count). The van der Waals surface area contributed by atoms with Crippen molar-refractivity contribution in [2.45, 2.75) is 44.2 Å². The van der Waals surface area contributed by atoms with Crippen molar-refractivity contribution in [2.24, 2.45) is 5.92 Å². The molecule has 0 unspecified atom stereocenters. The van der Waals surface area contributed by atoms with Gasteiger partial charge in [0, 0.05) is 51.5 Å². The van der Waals surface area contributed by atoms with Crippen LogP contribution >= 0.6 is 0 Å². The van der Waals surface area contributed by atoms with E-state index in [9.17, 15) is 26.7 Å². The number of piperidine rings is 2. The second-order valence-electron chi connectivity index (χ2n) is 7.13. The van der Waals surface area contributed by atoms with Gasteiger partial charge < -0.3 is 9.80 Å². The number of amides is 1. The van der Waals surface area contributed by atoms with Crippen molar-refractivity contribution in [3.63, 3.8) is 0 Å². The molecule has 2 saturated heterocycles. The summed E-state index contributed by atoms with van der Waals surface area (Å²) in [5, 5.41) is 0. The van der Waals surface area contributed by atoms with Crippen LogP contribution in [0.5, 0.6) is 0 Å². The Morgan fingerprint density at radius 2 is 1.74 bits per heavy atom. The fourth-order valence-electron chi connectivity index (χ4n) is 3.50. The molecule has 0 atom stereocenters. The molecule has 2 aliphatic heterocycles. The molecule has 10 heteroatoms. The Hall–Kier alpha value is -2.00. The van der Waals surface area contributed by atoms with Crippen LogP contribution in [0.2, 0.25) is 0 Å². The van der Waals surface area contributed by atoms with Gasteiger partial charge in [-0.1, -0.05) is 0 Å². The van der Waals surface area contributed by atoms with Gasteiger partial charge in [-0.15, -0.1) is 0 Å². The summed E-state index contributed by atoms with van der Waals surface area (Å²) in [6.07, 6.45) is -2.65. The molecule has 0 saturated carbocycles. The number of nitrogens with zero attached hydrogens (tertiary/aromatic N) is 4. The van der Waals surface area contributed by atoms with Crippen molar-refractivity contribution >= 4 is 11.7 Å². The first kappa shape index (κ1) is 19.8. The number of carbonyl (C=O) groups is 1. The van der Waals surface area contributed by atoms with Crippen molar-refractivity contribution in [3.8, 4) is 0 Å². The number of hydrogen-bond donors (Lipinski definition) is 0. The maximum Gasteiger partial charge on any atom is 0.433 e. The number of hydrogen-bond acceptors (Lipinski definition) is 4. The number of carbonyl (C=O) groups excluding carboxylic acids is 1. The molecule has 5 nitrogen and oxygen atoms in total. The highest BCUT2D eigenvalue weighted by Gasteiger charge is 2.36. The Morgan fingerprint density at radius 1 is 1.11 bits per heavy atom. The minimum absolute atomic E-state index is 0.0752. The second kappa shape index (κ2) is 7.55. The standard InChI is InChI=1S/C17H21F5N4O/c18-16(19)3-7-26(8-4-16)15(27)9-12-1-5-25(6-2-12)14-10-13(17(20,21)22)23-11-24-14/h10-12H,1-9H2. The van der Waals surface area contributed by atoms with E-state index in [0.29, 0.717) is 25.9 Å². The van der Waals surface area contributed by atoms with E-state index in [2.05, 4.69) is 9.97 Å². The minimum Gasteiger partial charge on any atom is -0.356 e. The summed E-state index contributed by atoms with van der Waals surface area (Å²) in [5.74, 6) is -2.49. The molecule has 0 spiro atoms. The van der Waals surface area contributed by atoms with Crippen LogP contribution in [0.25, 0.3) is 0 Å². The first-order valence-electron chi connectivity index (χ1n) is 8.94. The summed E-state index contributed by atoms with van der Waals surface area (Å²) in [5.41, 5.74) is -0.980. The lowest BCUT2D eigenvalue weighted by Gasteiger charge is -2.35. The number of rotatable bonds is 3. The molecule has 0 bridgehead atoms. The first-order chi connectivity index (χ1) is 12.6. The molecule has 150 valence electrons. The monoisotopic (exact) mass is 392 g/mol. The Bertz CT molecular complexity index is 664. The normalized spacial score (nSPS) is 21.4. The van der Waals surface area contributed by atoms with Gasteiger partial charge in [0.1, 0.15) is 17.8 Å². The molecule has 0 radical (unpaired) electrons. The smallest absolute Gasteiger partial charge is 0.356 e. The lowest BCUT2D eigenvalue weighted by atomic mass is 9.92.